The molecule has 2 heterocycles. The molecule has 0 aliphatic rings. The topological polar surface area (TPSA) is 79.5 Å². The second-order valence-corrected chi connectivity index (χ2v) is 8.02. The number of anilines is 1. The van der Waals surface area contributed by atoms with E-state index >= 15 is 0 Å². The Morgan fingerprint density at radius 2 is 1.93 bits per heavy atom. The van der Waals surface area contributed by atoms with Crippen molar-refractivity contribution in [2.45, 2.75) is 10.6 Å². The Labute approximate surface area is 168 Å². The Hall–Kier alpha value is -3.03. The maximum Gasteiger partial charge on any atom is 0.340 e. The minimum Gasteiger partial charge on any atom is -0.508 e. The Balaban J connectivity index is 1.43. The van der Waals surface area contributed by atoms with Crippen LogP contribution < -0.4 is 10.9 Å². The molecule has 0 radical (unpaired) electrons. The van der Waals surface area contributed by atoms with Crippen molar-refractivity contribution in [1.29, 1.82) is 0 Å². The number of hydrogen-bond donors (Lipinski definition) is 2. The number of aromatic hydroxyl groups is 1. The average Bonchev–Trinajstić information content (AvgIpc) is 3.22. The van der Waals surface area contributed by atoms with Gasteiger partial charge in [-0.15, -0.1) is 23.1 Å². The molecule has 7 heteroatoms. The fourth-order valence-electron chi connectivity index (χ4n) is 2.64. The van der Waals surface area contributed by atoms with Crippen LogP contribution >= 0.6 is 23.1 Å². The quantitative estimate of drug-likeness (QED) is 0.354. The summed E-state index contributed by atoms with van der Waals surface area (Å²) in [7, 11) is 0. The van der Waals surface area contributed by atoms with Gasteiger partial charge in [-0.1, -0.05) is 6.07 Å². The lowest BCUT2D eigenvalue weighted by molar-refractivity contribution is 0.103. The van der Waals surface area contributed by atoms with Gasteiger partial charge in [0.05, 0.1) is 4.88 Å². The van der Waals surface area contributed by atoms with E-state index in [4.69, 9.17) is 4.42 Å². The van der Waals surface area contributed by atoms with Crippen LogP contribution in [0.15, 0.2) is 80.2 Å². The van der Waals surface area contributed by atoms with Crippen LogP contribution in [0.25, 0.3) is 11.0 Å². The number of hydrogen-bond acceptors (Lipinski definition) is 6. The predicted octanol–water partition coefficient (Wildman–Crippen LogP) is 5.10. The number of fused-ring (bicyclic) bond motifs is 1. The first-order valence-electron chi connectivity index (χ1n) is 8.42. The number of thiophene rings is 1. The van der Waals surface area contributed by atoms with Crippen molar-refractivity contribution in [1.82, 2.24) is 0 Å². The van der Waals surface area contributed by atoms with Crippen LogP contribution in [-0.2, 0) is 5.75 Å². The molecule has 0 aliphatic carbocycles. The summed E-state index contributed by atoms with van der Waals surface area (Å²) >= 11 is 2.90. The highest BCUT2D eigenvalue weighted by atomic mass is 32.2. The van der Waals surface area contributed by atoms with E-state index in [1.165, 1.54) is 29.2 Å². The molecule has 0 atom stereocenters. The molecule has 28 heavy (non-hydrogen) atoms. The number of phenolic OH excluding ortho intramolecular Hbond substituents is 1. The van der Waals surface area contributed by atoms with Crippen LogP contribution in [0.5, 0.6) is 5.75 Å². The summed E-state index contributed by atoms with van der Waals surface area (Å²) < 4.78 is 5.28. The molecule has 140 valence electrons. The van der Waals surface area contributed by atoms with Crippen LogP contribution in [0.3, 0.4) is 0 Å². The maximum atomic E-state index is 12.1. The van der Waals surface area contributed by atoms with Gasteiger partial charge in [0.15, 0.2) is 0 Å². The van der Waals surface area contributed by atoms with Crippen molar-refractivity contribution in [2.75, 3.05) is 5.32 Å². The lowest BCUT2D eigenvalue weighted by Gasteiger charge is -2.06. The summed E-state index contributed by atoms with van der Waals surface area (Å²) in [5, 5.41) is 15.0. The monoisotopic (exact) mass is 409 g/mol. The van der Waals surface area contributed by atoms with Crippen LogP contribution in [0.4, 0.5) is 5.69 Å². The summed E-state index contributed by atoms with van der Waals surface area (Å²) in [6.07, 6.45) is 0. The van der Waals surface area contributed by atoms with Gasteiger partial charge in [-0.05, 0) is 53.9 Å². The molecule has 0 bridgehead atoms. The van der Waals surface area contributed by atoms with Crippen LogP contribution in [-0.4, -0.2) is 11.0 Å². The number of phenols is 1. The Morgan fingerprint density at radius 3 is 2.68 bits per heavy atom. The fourth-order valence-corrected chi connectivity index (χ4v) is 4.11. The number of rotatable bonds is 5. The highest BCUT2D eigenvalue weighted by molar-refractivity contribution is 7.98. The number of thioether (sulfide) groups is 1. The lowest BCUT2D eigenvalue weighted by atomic mass is 10.2. The summed E-state index contributed by atoms with van der Waals surface area (Å²) in [6, 6.07) is 17.6. The smallest absolute Gasteiger partial charge is 0.340 e. The van der Waals surface area contributed by atoms with E-state index in [0.717, 1.165) is 10.3 Å². The van der Waals surface area contributed by atoms with Gasteiger partial charge >= 0.3 is 5.63 Å². The molecule has 2 aromatic heterocycles. The molecule has 0 aliphatic heterocycles. The zero-order chi connectivity index (χ0) is 19.5. The van der Waals surface area contributed by atoms with Crippen molar-refractivity contribution in [2.24, 2.45) is 0 Å². The third kappa shape index (κ3) is 4.11. The summed E-state index contributed by atoms with van der Waals surface area (Å²) in [6.45, 7) is 0. The molecule has 1 amide bonds. The maximum absolute atomic E-state index is 12.1. The molecule has 0 fully saturated rings. The normalized spacial score (nSPS) is 10.9. The predicted molar refractivity (Wildman–Crippen MR) is 112 cm³/mol. The number of amides is 1. The molecule has 2 aromatic carbocycles. The zero-order valence-electron chi connectivity index (χ0n) is 14.5. The van der Waals surface area contributed by atoms with Gasteiger partial charge in [0, 0.05) is 33.4 Å². The molecule has 4 rings (SSSR count). The zero-order valence-corrected chi connectivity index (χ0v) is 16.2. The van der Waals surface area contributed by atoms with Crippen molar-refractivity contribution < 1.29 is 14.3 Å². The standard InChI is InChI=1S/C21H15NO4S2/c23-16-6-3-13-10-14(21(25)26-18(13)11-16)12-28-17-7-4-15(5-8-17)22-20(24)19-2-1-9-27-19/h1-11,23H,12H2,(H,22,24). The van der Waals surface area contributed by atoms with Gasteiger partial charge in [-0.25, -0.2) is 4.79 Å². The minimum absolute atomic E-state index is 0.0593. The minimum atomic E-state index is -0.412. The highest BCUT2D eigenvalue weighted by Crippen LogP contribution is 2.26. The molecular weight excluding hydrogens is 394 g/mol. The first-order valence-corrected chi connectivity index (χ1v) is 10.3. The third-order valence-electron chi connectivity index (χ3n) is 4.04. The van der Waals surface area contributed by atoms with Gasteiger partial charge < -0.3 is 14.8 Å². The first kappa shape index (κ1) is 18.3. The molecule has 5 nitrogen and oxygen atoms in total. The number of carbonyl (C=O) groups excluding carboxylic acids is 1. The van der Waals surface area contributed by atoms with Gasteiger partial charge in [0.1, 0.15) is 11.3 Å². The molecule has 0 saturated heterocycles. The molecule has 2 N–H and O–H groups in total. The second-order valence-electron chi connectivity index (χ2n) is 6.03. The van der Waals surface area contributed by atoms with E-state index in [1.807, 2.05) is 35.7 Å². The van der Waals surface area contributed by atoms with E-state index in [2.05, 4.69) is 5.32 Å². The lowest BCUT2D eigenvalue weighted by Crippen LogP contribution is -2.09. The van der Waals surface area contributed by atoms with Gasteiger partial charge in [0.2, 0.25) is 0 Å². The summed E-state index contributed by atoms with van der Waals surface area (Å²) in [4.78, 5) is 25.8. The van der Waals surface area contributed by atoms with E-state index in [0.29, 0.717) is 27.5 Å². The van der Waals surface area contributed by atoms with Gasteiger partial charge in [0.25, 0.3) is 5.91 Å². The molecule has 4 aromatic rings. The number of carbonyl (C=O) groups is 1. The molecular formula is C21H15NO4S2. The molecule has 0 saturated carbocycles. The Bertz CT molecular complexity index is 1180. The molecule has 0 spiro atoms. The van der Waals surface area contributed by atoms with Crippen molar-refractivity contribution in [3.8, 4) is 5.75 Å². The average molecular weight is 409 g/mol. The van der Waals surface area contributed by atoms with Crippen LogP contribution in [0, 0.1) is 0 Å². The van der Waals surface area contributed by atoms with Crippen molar-refractivity contribution >= 4 is 45.7 Å². The first-order chi connectivity index (χ1) is 13.6. The van der Waals surface area contributed by atoms with E-state index in [1.54, 1.807) is 24.3 Å². The summed E-state index contributed by atoms with van der Waals surface area (Å²) in [5.74, 6) is 0.388. The van der Waals surface area contributed by atoms with Gasteiger partial charge in [-0.3, -0.25) is 4.79 Å². The van der Waals surface area contributed by atoms with Crippen LogP contribution in [0.2, 0.25) is 0 Å². The van der Waals surface area contributed by atoms with Gasteiger partial charge in [-0.2, -0.15) is 0 Å². The third-order valence-corrected chi connectivity index (χ3v) is 5.97. The van der Waals surface area contributed by atoms with E-state index < -0.39 is 5.63 Å². The van der Waals surface area contributed by atoms with E-state index in [-0.39, 0.29) is 11.7 Å². The van der Waals surface area contributed by atoms with Crippen molar-refractivity contribution in [3.63, 3.8) is 0 Å². The molecule has 0 unspecified atom stereocenters. The second kappa shape index (κ2) is 7.92. The van der Waals surface area contributed by atoms with Crippen molar-refractivity contribution in [3.05, 3.63) is 86.9 Å². The SMILES string of the molecule is O=C(Nc1ccc(SCc2cc3ccc(O)cc3oc2=O)cc1)c1cccs1. The Morgan fingerprint density at radius 1 is 1.11 bits per heavy atom. The van der Waals surface area contributed by atoms with Crippen LogP contribution in [0.1, 0.15) is 15.2 Å². The summed E-state index contributed by atoms with van der Waals surface area (Å²) in [5.41, 5.74) is 1.22. The Kier molecular flexibility index (Phi) is 5.18. The highest BCUT2D eigenvalue weighted by Gasteiger charge is 2.09. The number of benzene rings is 2. The number of nitrogens with one attached hydrogen (secondary N) is 1. The fraction of sp³-hybridized carbons (Fsp3) is 0.0476. The van der Waals surface area contributed by atoms with E-state index in [9.17, 15) is 14.7 Å². The largest absolute Gasteiger partial charge is 0.508 e.